The molecule has 5 nitrogen and oxygen atoms in total. The number of benzene rings is 2. The Hall–Kier alpha value is -2.82. The maximum atomic E-state index is 12.9. The maximum Gasteiger partial charge on any atom is 0.265 e. The zero-order chi connectivity index (χ0) is 20.6. The molecule has 5 heteroatoms. The third-order valence-electron chi connectivity index (χ3n) is 5.23. The SMILES string of the molecule is CCCNC(=O)c1ccccc1NC(=O)[C@H](CC)Oc1ccc2c(c1)CCCC2. The molecule has 0 saturated heterocycles. The number of hydrogen-bond donors (Lipinski definition) is 2. The van der Waals surface area contributed by atoms with Crippen molar-refractivity contribution in [1.29, 1.82) is 0 Å². The first-order valence-corrected chi connectivity index (χ1v) is 10.6. The van der Waals surface area contributed by atoms with Gasteiger partial charge in [0.1, 0.15) is 5.75 Å². The standard InChI is InChI=1S/C24H30N2O3/c1-3-15-25-23(27)20-11-7-8-12-21(20)26-24(28)22(4-2)29-19-14-13-17-9-5-6-10-18(17)16-19/h7-8,11-14,16,22H,3-6,9-10,15H2,1-2H3,(H,25,27)(H,26,28)/t22-/m0/s1. The molecule has 2 N–H and O–H groups in total. The first-order chi connectivity index (χ1) is 14.1. The molecule has 0 aromatic heterocycles. The Balaban J connectivity index is 1.70. The van der Waals surface area contributed by atoms with Crippen LogP contribution in [0, 0.1) is 0 Å². The zero-order valence-corrected chi connectivity index (χ0v) is 17.3. The van der Waals surface area contributed by atoms with Gasteiger partial charge in [0.2, 0.25) is 0 Å². The van der Waals surface area contributed by atoms with E-state index in [9.17, 15) is 9.59 Å². The molecule has 0 bridgehead atoms. The average molecular weight is 395 g/mol. The van der Waals surface area contributed by atoms with Gasteiger partial charge in [0.15, 0.2) is 6.10 Å². The van der Waals surface area contributed by atoms with E-state index in [2.05, 4.69) is 22.8 Å². The molecule has 2 aromatic rings. The summed E-state index contributed by atoms with van der Waals surface area (Å²) in [5.41, 5.74) is 3.66. The fourth-order valence-electron chi connectivity index (χ4n) is 3.61. The molecule has 154 valence electrons. The molecular weight excluding hydrogens is 364 g/mol. The molecule has 3 rings (SSSR count). The van der Waals surface area contributed by atoms with Crippen molar-refractivity contribution in [3.63, 3.8) is 0 Å². The third kappa shape index (κ3) is 5.37. The van der Waals surface area contributed by atoms with E-state index in [1.54, 1.807) is 24.3 Å². The molecule has 2 amide bonds. The molecule has 0 radical (unpaired) electrons. The lowest BCUT2D eigenvalue weighted by molar-refractivity contribution is -0.122. The largest absolute Gasteiger partial charge is 0.481 e. The van der Waals surface area contributed by atoms with E-state index in [0.717, 1.165) is 25.0 Å². The van der Waals surface area contributed by atoms with Gasteiger partial charge in [0.05, 0.1) is 11.3 Å². The summed E-state index contributed by atoms with van der Waals surface area (Å²) in [6.07, 6.45) is 5.38. The van der Waals surface area contributed by atoms with Crippen LogP contribution in [0.25, 0.3) is 0 Å². The molecule has 0 spiro atoms. The first-order valence-electron chi connectivity index (χ1n) is 10.6. The normalized spacial score (nSPS) is 13.9. The fraction of sp³-hybridized carbons (Fsp3) is 0.417. The van der Waals surface area contributed by atoms with E-state index in [4.69, 9.17) is 4.74 Å². The van der Waals surface area contributed by atoms with Crippen molar-refractivity contribution in [1.82, 2.24) is 5.32 Å². The molecule has 1 aliphatic rings. The molecule has 0 heterocycles. The quantitative estimate of drug-likeness (QED) is 0.693. The van der Waals surface area contributed by atoms with Crippen LogP contribution in [-0.2, 0) is 17.6 Å². The number of amides is 2. The van der Waals surface area contributed by atoms with E-state index in [1.807, 2.05) is 19.9 Å². The lowest BCUT2D eigenvalue weighted by Crippen LogP contribution is -2.33. The minimum Gasteiger partial charge on any atom is -0.481 e. The Morgan fingerprint density at radius 2 is 1.79 bits per heavy atom. The number of nitrogens with one attached hydrogen (secondary N) is 2. The number of fused-ring (bicyclic) bond motifs is 1. The monoisotopic (exact) mass is 394 g/mol. The Morgan fingerprint density at radius 1 is 1.03 bits per heavy atom. The van der Waals surface area contributed by atoms with Crippen LogP contribution in [0.1, 0.15) is 61.0 Å². The van der Waals surface area contributed by atoms with Crippen LogP contribution in [0.4, 0.5) is 5.69 Å². The number of carbonyl (C=O) groups excluding carboxylic acids is 2. The summed E-state index contributed by atoms with van der Waals surface area (Å²) >= 11 is 0. The summed E-state index contributed by atoms with van der Waals surface area (Å²) in [6, 6.07) is 13.2. The van der Waals surface area contributed by atoms with Crippen LogP contribution < -0.4 is 15.4 Å². The molecule has 1 atom stereocenters. The van der Waals surface area contributed by atoms with Crippen molar-refractivity contribution in [2.45, 2.75) is 58.5 Å². The second kappa shape index (κ2) is 10.1. The molecule has 29 heavy (non-hydrogen) atoms. The lowest BCUT2D eigenvalue weighted by Gasteiger charge is -2.21. The highest BCUT2D eigenvalue weighted by atomic mass is 16.5. The summed E-state index contributed by atoms with van der Waals surface area (Å²) in [7, 11) is 0. The number of hydrogen-bond acceptors (Lipinski definition) is 3. The van der Waals surface area contributed by atoms with E-state index < -0.39 is 6.10 Å². The van der Waals surface area contributed by atoms with Crippen molar-refractivity contribution < 1.29 is 14.3 Å². The van der Waals surface area contributed by atoms with Crippen LogP contribution in [-0.4, -0.2) is 24.5 Å². The van der Waals surface area contributed by atoms with Crippen molar-refractivity contribution in [2.24, 2.45) is 0 Å². The molecular formula is C24H30N2O3. The van der Waals surface area contributed by atoms with E-state index in [0.29, 0.717) is 24.2 Å². The maximum absolute atomic E-state index is 12.9. The van der Waals surface area contributed by atoms with Crippen molar-refractivity contribution in [2.75, 3.05) is 11.9 Å². The Bertz CT molecular complexity index is 863. The van der Waals surface area contributed by atoms with Crippen LogP contribution in [0.5, 0.6) is 5.75 Å². The van der Waals surface area contributed by atoms with Crippen LogP contribution >= 0.6 is 0 Å². The summed E-state index contributed by atoms with van der Waals surface area (Å²) in [5.74, 6) is 0.286. The topological polar surface area (TPSA) is 67.4 Å². The van der Waals surface area contributed by atoms with Gasteiger partial charge in [-0.2, -0.15) is 0 Å². The van der Waals surface area contributed by atoms with Gasteiger partial charge in [0, 0.05) is 6.54 Å². The molecule has 0 aliphatic heterocycles. The number of aryl methyl sites for hydroxylation is 2. The highest BCUT2D eigenvalue weighted by molar-refractivity contribution is 6.04. The Labute approximate surface area is 172 Å². The van der Waals surface area contributed by atoms with E-state index in [-0.39, 0.29) is 11.8 Å². The number of anilines is 1. The van der Waals surface area contributed by atoms with E-state index in [1.165, 1.54) is 24.0 Å². The smallest absolute Gasteiger partial charge is 0.265 e. The van der Waals surface area contributed by atoms with Gasteiger partial charge in [-0.25, -0.2) is 0 Å². The van der Waals surface area contributed by atoms with Gasteiger partial charge in [0.25, 0.3) is 11.8 Å². The first kappa shape index (κ1) is 20.9. The van der Waals surface area contributed by atoms with Gasteiger partial charge < -0.3 is 15.4 Å². The number of carbonyl (C=O) groups is 2. The summed E-state index contributed by atoms with van der Waals surface area (Å²) in [4.78, 5) is 25.2. The van der Waals surface area contributed by atoms with Gasteiger partial charge in [-0.15, -0.1) is 0 Å². The van der Waals surface area contributed by atoms with Gasteiger partial charge >= 0.3 is 0 Å². The van der Waals surface area contributed by atoms with Crippen LogP contribution in [0.3, 0.4) is 0 Å². The minimum absolute atomic E-state index is 0.189. The summed E-state index contributed by atoms with van der Waals surface area (Å²) < 4.78 is 6.02. The molecule has 2 aromatic carbocycles. The van der Waals surface area contributed by atoms with E-state index >= 15 is 0 Å². The third-order valence-corrected chi connectivity index (χ3v) is 5.23. The van der Waals surface area contributed by atoms with Crippen LogP contribution in [0.2, 0.25) is 0 Å². The molecule has 0 saturated carbocycles. The lowest BCUT2D eigenvalue weighted by atomic mass is 9.92. The van der Waals surface area contributed by atoms with Crippen molar-refractivity contribution in [3.8, 4) is 5.75 Å². The minimum atomic E-state index is -0.622. The fourth-order valence-corrected chi connectivity index (χ4v) is 3.61. The molecule has 1 aliphatic carbocycles. The Morgan fingerprint density at radius 3 is 2.55 bits per heavy atom. The highest BCUT2D eigenvalue weighted by Gasteiger charge is 2.21. The second-order valence-corrected chi connectivity index (χ2v) is 7.44. The number of rotatable bonds is 8. The van der Waals surface area contributed by atoms with Crippen molar-refractivity contribution in [3.05, 3.63) is 59.2 Å². The highest BCUT2D eigenvalue weighted by Crippen LogP contribution is 2.26. The van der Waals surface area contributed by atoms with Gasteiger partial charge in [-0.1, -0.05) is 32.0 Å². The predicted octanol–water partition coefficient (Wildman–Crippen LogP) is 4.50. The zero-order valence-electron chi connectivity index (χ0n) is 17.3. The molecule has 0 unspecified atom stereocenters. The summed E-state index contributed by atoms with van der Waals surface area (Å²) in [6.45, 7) is 4.51. The molecule has 0 fully saturated rings. The van der Waals surface area contributed by atoms with Crippen LogP contribution in [0.15, 0.2) is 42.5 Å². The second-order valence-electron chi connectivity index (χ2n) is 7.44. The van der Waals surface area contributed by atoms with Gasteiger partial charge in [-0.3, -0.25) is 9.59 Å². The number of para-hydroxylation sites is 1. The average Bonchev–Trinajstić information content (AvgIpc) is 2.76. The summed E-state index contributed by atoms with van der Waals surface area (Å²) in [5, 5.41) is 5.73. The predicted molar refractivity (Wildman–Crippen MR) is 115 cm³/mol. The number of ether oxygens (including phenoxy) is 1. The van der Waals surface area contributed by atoms with Crippen molar-refractivity contribution >= 4 is 17.5 Å². The van der Waals surface area contributed by atoms with Gasteiger partial charge in [-0.05, 0) is 73.9 Å². The Kier molecular flexibility index (Phi) is 7.28.